The first-order valence-corrected chi connectivity index (χ1v) is 17.0. The Hall–Kier alpha value is -5.08. The topological polar surface area (TPSA) is 158 Å². The van der Waals surface area contributed by atoms with Crippen LogP contribution >= 0.6 is 23.5 Å². The van der Waals surface area contributed by atoms with E-state index in [-0.39, 0.29) is 52.9 Å². The monoisotopic (exact) mass is 710 g/mol. The summed E-state index contributed by atoms with van der Waals surface area (Å²) in [4.78, 5) is 72.2. The van der Waals surface area contributed by atoms with Gasteiger partial charge in [-0.05, 0) is 74.5 Å². The third-order valence-corrected chi connectivity index (χ3v) is 7.68. The summed E-state index contributed by atoms with van der Waals surface area (Å²) < 4.78 is 30.4. The van der Waals surface area contributed by atoms with E-state index < -0.39 is 42.6 Å². The van der Waals surface area contributed by atoms with Crippen LogP contribution < -0.4 is 0 Å². The van der Waals surface area contributed by atoms with Crippen molar-refractivity contribution in [3.05, 3.63) is 118 Å². The number of benzene rings is 3. The molecular weight excluding hydrogens is 677 g/mol. The van der Waals surface area contributed by atoms with Gasteiger partial charge in [-0.1, -0.05) is 36.0 Å². The highest BCUT2D eigenvalue weighted by atomic mass is 32.2. The molecule has 0 radical (unpaired) electrons. The number of carbonyl (C=O) groups is 6. The van der Waals surface area contributed by atoms with Gasteiger partial charge in [0.25, 0.3) is 0 Å². The molecule has 3 rings (SSSR count). The van der Waals surface area contributed by atoms with Crippen molar-refractivity contribution >= 4 is 59.3 Å². The van der Waals surface area contributed by atoms with Crippen LogP contribution in [0, 0.1) is 6.92 Å². The van der Waals surface area contributed by atoms with Gasteiger partial charge in [0.05, 0.1) is 27.8 Å². The normalized spacial score (nSPS) is 10.3. The van der Waals surface area contributed by atoms with Crippen LogP contribution in [0.4, 0.5) is 0 Å². The van der Waals surface area contributed by atoms with Gasteiger partial charge in [-0.25, -0.2) is 28.8 Å². The summed E-state index contributed by atoms with van der Waals surface area (Å²) in [7, 11) is 0. The van der Waals surface area contributed by atoms with Gasteiger partial charge >= 0.3 is 35.8 Å². The third-order valence-electron chi connectivity index (χ3n) is 6.20. The van der Waals surface area contributed by atoms with Gasteiger partial charge < -0.3 is 28.4 Å². The van der Waals surface area contributed by atoms with Crippen LogP contribution in [0.15, 0.2) is 84.9 Å². The van der Waals surface area contributed by atoms with Crippen LogP contribution in [0.25, 0.3) is 0 Å². The Labute approximate surface area is 291 Å². The second-order valence-electron chi connectivity index (χ2n) is 9.97. The minimum Gasteiger partial charge on any atom is -0.461 e. The van der Waals surface area contributed by atoms with E-state index in [9.17, 15) is 28.8 Å². The predicted molar refractivity (Wildman–Crippen MR) is 181 cm³/mol. The largest absolute Gasteiger partial charge is 0.461 e. The summed E-state index contributed by atoms with van der Waals surface area (Å²) in [6.07, 6.45) is 0. The SMILES string of the molecule is C=C(C)C(=O)OCOC(=O)c1ccc(C(=O)OCCSCCOC(=O)c2ccc(C(=O)OCSCOC(=O)c3ccc(C)cc3)cc2)cc1. The maximum atomic E-state index is 12.3. The van der Waals surface area contributed by atoms with Crippen molar-refractivity contribution in [1.82, 2.24) is 0 Å². The number of hydrogen-bond acceptors (Lipinski definition) is 14. The Bertz CT molecular complexity index is 1620. The zero-order chi connectivity index (χ0) is 35.6. The molecule has 0 amide bonds. The van der Waals surface area contributed by atoms with E-state index in [0.717, 1.165) is 17.3 Å². The zero-order valence-corrected chi connectivity index (χ0v) is 28.4. The molecule has 0 N–H and O–H groups in total. The van der Waals surface area contributed by atoms with Crippen molar-refractivity contribution in [3.8, 4) is 0 Å². The zero-order valence-electron chi connectivity index (χ0n) is 26.8. The molecular formula is C35H34O12S2. The Morgan fingerprint density at radius 3 is 1.24 bits per heavy atom. The van der Waals surface area contributed by atoms with Crippen molar-refractivity contribution < 1.29 is 57.2 Å². The number of thioether (sulfide) groups is 2. The first-order valence-electron chi connectivity index (χ1n) is 14.7. The van der Waals surface area contributed by atoms with Gasteiger partial charge in [0.2, 0.25) is 6.79 Å². The van der Waals surface area contributed by atoms with Gasteiger partial charge in [-0.2, -0.15) is 11.8 Å². The molecule has 0 bridgehead atoms. The molecule has 0 unspecified atom stereocenters. The van der Waals surface area contributed by atoms with Gasteiger partial charge in [-0.3, -0.25) is 0 Å². The smallest absolute Gasteiger partial charge is 0.340 e. The van der Waals surface area contributed by atoms with Crippen molar-refractivity contribution in [2.24, 2.45) is 0 Å². The molecule has 49 heavy (non-hydrogen) atoms. The van der Waals surface area contributed by atoms with Gasteiger partial charge in [0, 0.05) is 17.1 Å². The summed E-state index contributed by atoms with van der Waals surface area (Å²) in [6, 6.07) is 18.4. The lowest BCUT2D eigenvalue weighted by molar-refractivity contribution is -0.147. The lowest BCUT2D eigenvalue weighted by Gasteiger charge is -2.08. The standard InChI is InChI=1S/C35H34O12S2/c1-23(2)30(36)44-20-45-33(39)28-12-8-26(9-13-28)31(37)42-16-18-48-19-17-43-32(38)27-10-14-29(15-11-27)35(41)47-22-49-21-46-34(40)25-6-4-24(3)5-7-25/h4-15H,1,16-22H2,2-3H3. The molecule has 14 heteroatoms. The second kappa shape index (κ2) is 20.3. The molecule has 0 aliphatic rings. The van der Waals surface area contributed by atoms with Crippen LogP contribution in [0.5, 0.6) is 0 Å². The number of ether oxygens (including phenoxy) is 6. The van der Waals surface area contributed by atoms with Gasteiger partial charge in [0.1, 0.15) is 25.1 Å². The minimum atomic E-state index is -0.730. The van der Waals surface area contributed by atoms with Gasteiger partial charge in [-0.15, -0.1) is 0 Å². The molecule has 0 saturated carbocycles. The predicted octanol–water partition coefficient (Wildman–Crippen LogP) is 5.64. The summed E-state index contributed by atoms with van der Waals surface area (Å²) in [5.41, 5.74) is 2.55. The number of hydrogen-bond donors (Lipinski definition) is 0. The van der Waals surface area contributed by atoms with Crippen LogP contribution in [0.1, 0.15) is 64.3 Å². The maximum absolute atomic E-state index is 12.3. The van der Waals surface area contributed by atoms with E-state index in [4.69, 9.17) is 28.4 Å². The van der Waals surface area contributed by atoms with Crippen LogP contribution in [-0.2, 0) is 33.2 Å². The highest BCUT2D eigenvalue weighted by Crippen LogP contribution is 2.13. The van der Waals surface area contributed by atoms with Crippen molar-refractivity contribution in [2.75, 3.05) is 43.4 Å². The fourth-order valence-electron chi connectivity index (χ4n) is 3.56. The molecule has 0 fully saturated rings. The molecule has 0 aliphatic heterocycles. The van der Waals surface area contributed by atoms with E-state index in [2.05, 4.69) is 6.58 Å². The second-order valence-corrected chi connectivity index (χ2v) is 12.1. The first-order chi connectivity index (χ1) is 23.5. The highest BCUT2D eigenvalue weighted by molar-refractivity contribution is 7.99. The average molecular weight is 711 g/mol. The first kappa shape index (κ1) is 38.4. The molecule has 0 spiro atoms. The van der Waals surface area contributed by atoms with E-state index >= 15 is 0 Å². The Kier molecular flexibility index (Phi) is 15.9. The number of esters is 6. The highest BCUT2D eigenvalue weighted by Gasteiger charge is 2.14. The Balaban J connectivity index is 1.24. The van der Waals surface area contributed by atoms with E-state index in [1.54, 1.807) is 12.1 Å². The number of aryl methyl sites for hydroxylation is 1. The third kappa shape index (κ3) is 13.5. The molecule has 0 atom stereocenters. The molecule has 12 nitrogen and oxygen atoms in total. The van der Waals surface area contributed by atoms with Crippen LogP contribution in [-0.4, -0.2) is 79.2 Å². The van der Waals surface area contributed by atoms with Crippen LogP contribution in [0.3, 0.4) is 0 Å². The Morgan fingerprint density at radius 2 is 0.857 bits per heavy atom. The maximum Gasteiger partial charge on any atom is 0.340 e. The lowest BCUT2D eigenvalue weighted by atomic mass is 10.1. The molecule has 0 aromatic heterocycles. The summed E-state index contributed by atoms with van der Waals surface area (Å²) in [5, 5.41) is 0. The fourth-order valence-corrected chi connectivity index (χ4v) is 4.62. The summed E-state index contributed by atoms with van der Waals surface area (Å²) in [6.45, 7) is 6.48. The number of rotatable bonds is 18. The Morgan fingerprint density at radius 1 is 0.510 bits per heavy atom. The molecule has 3 aromatic carbocycles. The quantitative estimate of drug-likeness (QED) is 0.0525. The molecule has 0 heterocycles. The van der Waals surface area contributed by atoms with Crippen molar-refractivity contribution in [2.45, 2.75) is 13.8 Å². The molecule has 0 saturated heterocycles. The lowest BCUT2D eigenvalue weighted by Crippen LogP contribution is -2.13. The number of carbonyl (C=O) groups excluding carboxylic acids is 6. The van der Waals surface area contributed by atoms with E-state index in [0.29, 0.717) is 17.1 Å². The van der Waals surface area contributed by atoms with E-state index in [1.807, 2.05) is 19.1 Å². The minimum absolute atomic E-state index is 0.0181. The van der Waals surface area contributed by atoms with Gasteiger partial charge in [0.15, 0.2) is 0 Å². The average Bonchev–Trinajstić information content (AvgIpc) is 3.10. The summed E-state index contributed by atoms with van der Waals surface area (Å²) >= 11 is 2.53. The van der Waals surface area contributed by atoms with E-state index in [1.165, 1.54) is 67.2 Å². The van der Waals surface area contributed by atoms with Crippen molar-refractivity contribution in [1.29, 1.82) is 0 Å². The fraction of sp³-hybridized carbons (Fsp3) is 0.257. The summed E-state index contributed by atoms with van der Waals surface area (Å²) in [5.74, 6) is -2.68. The van der Waals surface area contributed by atoms with Crippen LogP contribution in [0.2, 0.25) is 0 Å². The molecule has 3 aromatic rings. The van der Waals surface area contributed by atoms with Crippen molar-refractivity contribution in [3.63, 3.8) is 0 Å². The molecule has 258 valence electrons. The molecule has 0 aliphatic carbocycles.